The SMILES string of the molecule is C=CCOc1ccc(CCC(C)C)c(OC)c1. The van der Waals surface area contributed by atoms with Gasteiger partial charge < -0.3 is 9.47 Å². The molecule has 0 N–H and O–H groups in total. The summed E-state index contributed by atoms with van der Waals surface area (Å²) in [5, 5.41) is 0. The summed E-state index contributed by atoms with van der Waals surface area (Å²) in [6.45, 7) is 8.61. The number of rotatable bonds is 7. The molecule has 0 saturated heterocycles. The van der Waals surface area contributed by atoms with E-state index in [1.165, 1.54) is 12.0 Å². The number of ether oxygens (including phenoxy) is 2. The van der Waals surface area contributed by atoms with E-state index >= 15 is 0 Å². The highest BCUT2D eigenvalue weighted by Gasteiger charge is 2.06. The van der Waals surface area contributed by atoms with Gasteiger partial charge in [0, 0.05) is 6.07 Å². The van der Waals surface area contributed by atoms with E-state index in [0.29, 0.717) is 12.5 Å². The lowest BCUT2D eigenvalue weighted by Gasteiger charge is -2.12. The van der Waals surface area contributed by atoms with Crippen molar-refractivity contribution >= 4 is 0 Å². The minimum Gasteiger partial charge on any atom is -0.496 e. The van der Waals surface area contributed by atoms with E-state index in [9.17, 15) is 0 Å². The molecule has 0 aromatic heterocycles. The van der Waals surface area contributed by atoms with Crippen LogP contribution in [0.2, 0.25) is 0 Å². The van der Waals surface area contributed by atoms with Gasteiger partial charge in [-0.3, -0.25) is 0 Å². The van der Waals surface area contributed by atoms with Crippen LogP contribution in [-0.4, -0.2) is 13.7 Å². The summed E-state index contributed by atoms with van der Waals surface area (Å²) in [5.74, 6) is 2.44. The van der Waals surface area contributed by atoms with Crippen molar-refractivity contribution in [3.8, 4) is 11.5 Å². The van der Waals surface area contributed by atoms with Crippen LogP contribution in [0.15, 0.2) is 30.9 Å². The molecule has 0 aliphatic heterocycles. The Balaban J connectivity index is 2.74. The van der Waals surface area contributed by atoms with Crippen molar-refractivity contribution < 1.29 is 9.47 Å². The minimum absolute atomic E-state index is 0.522. The number of hydrogen-bond acceptors (Lipinski definition) is 2. The third-order valence-corrected chi connectivity index (χ3v) is 2.62. The molecule has 0 aliphatic carbocycles. The fourth-order valence-electron chi connectivity index (χ4n) is 1.62. The molecule has 0 saturated carbocycles. The van der Waals surface area contributed by atoms with Gasteiger partial charge in [0.2, 0.25) is 0 Å². The third-order valence-electron chi connectivity index (χ3n) is 2.62. The molecule has 0 bridgehead atoms. The average molecular weight is 234 g/mol. The van der Waals surface area contributed by atoms with Gasteiger partial charge >= 0.3 is 0 Å². The van der Waals surface area contributed by atoms with Crippen LogP contribution in [0.25, 0.3) is 0 Å². The van der Waals surface area contributed by atoms with Gasteiger partial charge in [-0.1, -0.05) is 32.6 Å². The van der Waals surface area contributed by atoms with Crippen LogP contribution in [-0.2, 0) is 6.42 Å². The van der Waals surface area contributed by atoms with Crippen LogP contribution in [0.3, 0.4) is 0 Å². The fourth-order valence-corrected chi connectivity index (χ4v) is 1.62. The second-order valence-corrected chi connectivity index (χ2v) is 4.51. The summed E-state index contributed by atoms with van der Waals surface area (Å²) in [6.07, 6.45) is 3.95. The molecule has 94 valence electrons. The lowest BCUT2D eigenvalue weighted by atomic mass is 10.0. The lowest BCUT2D eigenvalue weighted by molar-refractivity contribution is 0.356. The van der Waals surface area contributed by atoms with Crippen LogP contribution in [0.1, 0.15) is 25.8 Å². The van der Waals surface area contributed by atoms with Crippen molar-refractivity contribution in [2.45, 2.75) is 26.7 Å². The van der Waals surface area contributed by atoms with Crippen molar-refractivity contribution in [1.29, 1.82) is 0 Å². The molecule has 0 unspecified atom stereocenters. The summed E-state index contributed by atoms with van der Waals surface area (Å²) in [7, 11) is 1.70. The highest BCUT2D eigenvalue weighted by atomic mass is 16.5. The van der Waals surface area contributed by atoms with Gasteiger partial charge in [-0.15, -0.1) is 0 Å². The quantitative estimate of drug-likeness (QED) is 0.667. The average Bonchev–Trinajstić information content (AvgIpc) is 2.34. The van der Waals surface area contributed by atoms with Gasteiger partial charge in [0.15, 0.2) is 0 Å². The molecule has 0 radical (unpaired) electrons. The van der Waals surface area contributed by atoms with E-state index in [2.05, 4.69) is 26.5 Å². The molecule has 0 fully saturated rings. The maximum Gasteiger partial charge on any atom is 0.125 e. The van der Waals surface area contributed by atoms with Crippen molar-refractivity contribution in [1.82, 2.24) is 0 Å². The van der Waals surface area contributed by atoms with Crippen molar-refractivity contribution in [3.63, 3.8) is 0 Å². The van der Waals surface area contributed by atoms with Crippen LogP contribution < -0.4 is 9.47 Å². The van der Waals surface area contributed by atoms with E-state index in [1.54, 1.807) is 13.2 Å². The summed E-state index contributed by atoms with van der Waals surface area (Å²) < 4.78 is 10.9. The molecule has 1 rings (SSSR count). The Labute approximate surface area is 104 Å². The Morgan fingerprint density at radius 2 is 2.12 bits per heavy atom. The smallest absolute Gasteiger partial charge is 0.125 e. The predicted molar refractivity (Wildman–Crippen MR) is 71.8 cm³/mol. The van der Waals surface area contributed by atoms with Crippen LogP contribution in [0.5, 0.6) is 11.5 Å². The molecule has 0 amide bonds. The van der Waals surface area contributed by atoms with Crippen molar-refractivity contribution in [2.24, 2.45) is 5.92 Å². The Bertz CT molecular complexity index is 356. The third kappa shape index (κ3) is 4.51. The first-order valence-electron chi connectivity index (χ1n) is 6.08. The Morgan fingerprint density at radius 3 is 2.71 bits per heavy atom. The van der Waals surface area contributed by atoms with E-state index in [1.807, 2.05) is 12.1 Å². The molecule has 2 heteroatoms. The zero-order valence-electron chi connectivity index (χ0n) is 11.0. The molecule has 0 aliphatic rings. The Morgan fingerprint density at radius 1 is 1.35 bits per heavy atom. The van der Waals surface area contributed by atoms with E-state index in [-0.39, 0.29) is 0 Å². The summed E-state index contributed by atoms with van der Waals surface area (Å²) >= 11 is 0. The van der Waals surface area contributed by atoms with E-state index < -0.39 is 0 Å². The standard InChI is InChI=1S/C15H22O2/c1-5-10-17-14-9-8-13(7-6-12(2)3)15(11-14)16-4/h5,8-9,11-12H,1,6-7,10H2,2-4H3. The lowest BCUT2D eigenvalue weighted by Crippen LogP contribution is -1.98. The Hall–Kier alpha value is -1.44. The zero-order valence-corrected chi connectivity index (χ0v) is 11.0. The summed E-state index contributed by atoms with van der Waals surface area (Å²) in [6, 6.07) is 6.01. The molecule has 0 spiro atoms. The molecular formula is C15H22O2. The topological polar surface area (TPSA) is 18.5 Å². The number of benzene rings is 1. The first-order chi connectivity index (χ1) is 8.17. The zero-order chi connectivity index (χ0) is 12.7. The van der Waals surface area contributed by atoms with Crippen molar-refractivity contribution in [3.05, 3.63) is 36.4 Å². The maximum absolute atomic E-state index is 5.48. The van der Waals surface area contributed by atoms with Gasteiger partial charge in [-0.25, -0.2) is 0 Å². The molecule has 17 heavy (non-hydrogen) atoms. The molecule has 0 atom stereocenters. The van der Waals surface area contributed by atoms with Gasteiger partial charge in [-0.2, -0.15) is 0 Å². The second kappa shape index (κ2) is 7.00. The van der Waals surface area contributed by atoms with Crippen LogP contribution in [0.4, 0.5) is 0 Å². The van der Waals surface area contributed by atoms with Gasteiger partial charge in [0.1, 0.15) is 18.1 Å². The fraction of sp³-hybridized carbons (Fsp3) is 0.467. The Kier molecular flexibility index (Phi) is 5.61. The molecule has 0 heterocycles. The van der Waals surface area contributed by atoms with E-state index in [4.69, 9.17) is 9.47 Å². The normalized spacial score (nSPS) is 10.4. The first-order valence-corrected chi connectivity index (χ1v) is 6.08. The molecular weight excluding hydrogens is 212 g/mol. The van der Waals surface area contributed by atoms with Gasteiger partial charge in [0.05, 0.1) is 7.11 Å². The second-order valence-electron chi connectivity index (χ2n) is 4.51. The van der Waals surface area contributed by atoms with Crippen LogP contribution >= 0.6 is 0 Å². The molecule has 1 aromatic carbocycles. The number of methoxy groups -OCH3 is 1. The first kappa shape index (κ1) is 13.6. The number of aryl methyl sites for hydroxylation is 1. The predicted octanol–water partition coefficient (Wildman–Crippen LogP) is 3.85. The van der Waals surface area contributed by atoms with E-state index in [0.717, 1.165) is 17.9 Å². The molecule has 2 nitrogen and oxygen atoms in total. The van der Waals surface area contributed by atoms with Crippen LogP contribution in [0, 0.1) is 5.92 Å². The highest BCUT2D eigenvalue weighted by molar-refractivity contribution is 5.40. The maximum atomic E-state index is 5.48. The number of hydrogen-bond donors (Lipinski definition) is 0. The summed E-state index contributed by atoms with van der Waals surface area (Å²) in [5.41, 5.74) is 1.24. The van der Waals surface area contributed by atoms with Crippen molar-refractivity contribution in [2.75, 3.05) is 13.7 Å². The highest BCUT2D eigenvalue weighted by Crippen LogP contribution is 2.26. The largest absolute Gasteiger partial charge is 0.496 e. The molecule has 1 aromatic rings. The summed E-state index contributed by atoms with van der Waals surface area (Å²) in [4.78, 5) is 0. The monoisotopic (exact) mass is 234 g/mol. The van der Waals surface area contributed by atoms with Gasteiger partial charge in [-0.05, 0) is 30.4 Å². The minimum atomic E-state index is 0.522. The van der Waals surface area contributed by atoms with Gasteiger partial charge in [0.25, 0.3) is 0 Å².